The highest BCUT2D eigenvalue weighted by Crippen LogP contribution is 2.20. The van der Waals surface area contributed by atoms with Gasteiger partial charge in [-0.15, -0.1) is 0 Å². The highest BCUT2D eigenvalue weighted by molar-refractivity contribution is 5.92. The quantitative estimate of drug-likeness (QED) is 0.761. The molecule has 0 spiro atoms. The fourth-order valence-corrected chi connectivity index (χ4v) is 2.55. The van der Waals surface area contributed by atoms with Crippen LogP contribution in [-0.2, 0) is 4.79 Å². The Kier molecular flexibility index (Phi) is 4.72. The van der Waals surface area contributed by atoms with Crippen LogP contribution in [0.4, 0.5) is 4.39 Å². The first-order valence-corrected chi connectivity index (χ1v) is 6.95. The third-order valence-corrected chi connectivity index (χ3v) is 3.67. The third kappa shape index (κ3) is 3.66. The average molecular weight is 261 g/mol. The van der Waals surface area contributed by atoms with Crippen LogP contribution in [0.2, 0.25) is 0 Å². The first kappa shape index (κ1) is 13.8. The number of hydrogen-bond donors (Lipinski definition) is 0. The monoisotopic (exact) mass is 261 g/mol. The molecule has 1 aliphatic heterocycles. The Bertz CT molecular complexity index is 452. The molecule has 0 bridgehead atoms. The number of likely N-dealkylation sites (tertiary alicyclic amines) is 1. The van der Waals surface area contributed by atoms with E-state index in [4.69, 9.17) is 0 Å². The highest BCUT2D eigenvalue weighted by atomic mass is 19.1. The second-order valence-electron chi connectivity index (χ2n) is 4.97. The zero-order chi connectivity index (χ0) is 13.7. The molecule has 1 saturated heterocycles. The number of carbonyl (C=O) groups excluding carboxylic acids is 1. The number of amides is 1. The second kappa shape index (κ2) is 6.50. The first-order valence-electron chi connectivity index (χ1n) is 6.95. The van der Waals surface area contributed by atoms with Gasteiger partial charge >= 0.3 is 0 Å². The molecule has 19 heavy (non-hydrogen) atoms. The van der Waals surface area contributed by atoms with Crippen LogP contribution in [0.1, 0.15) is 38.2 Å². The van der Waals surface area contributed by atoms with E-state index in [1.54, 1.807) is 24.3 Å². The van der Waals surface area contributed by atoms with Crippen LogP contribution in [0.25, 0.3) is 6.08 Å². The van der Waals surface area contributed by atoms with Crippen molar-refractivity contribution in [2.45, 2.75) is 38.6 Å². The van der Waals surface area contributed by atoms with E-state index < -0.39 is 0 Å². The summed E-state index contributed by atoms with van der Waals surface area (Å²) in [6, 6.07) is 6.53. The molecule has 1 fully saturated rings. The van der Waals surface area contributed by atoms with Crippen LogP contribution >= 0.6 is 0 Å². The molecule has 1 heterocycles. The Balaban J connectivity index is 2.01. The van der Waals surface area contributed by atoms with Gasteiger partial charge in [-0.3, -0.25) is 4.79 Å². The van der Waals surface area contributed by atoms with E-state index in [1.165, 1.54) is 18.6 Å². The number of rotatable bonds is 3. The summed E-state index contributed by atoms with van der Waals surface area (Å²) >= 11 is 0. The lowest BCUT2D eigenvalue weighted by Crippen LogP contribution is -2.42. The molecule has 1 aromatic carbocycles. The first-order chi connectivity index (χ1) is 9.20. The van der Waals surface area contributed by atoms with Crippen molar-refractivity contribution >= 4 is 12.0 Å². The topological polar surface area (TPSA) is 20.3 Å². The molecule has 3 heteroatoms. The Labute approximate surface area is 113 Å². The van der Waals surface area contributed by atoms with Crippen LogP contribution in [0, 0.1) is 5.82 Å². The smallest absolute Gasteiger partial charge is 0.246 e. The summed E-state index contributed by atoms with van der Waals surface area (Å²) in [6.07, 6.45) is 7.77. The van der Waals surface area contributed by atoms with Crippen molar-refractivity contribution in [2.24, 2.45) is 0 Å². The predicted molar refractivity (Wildman–Crippen MR) is 75.1 cm³/mol. The lowest BCUT2D eigenvalue weighted by Gasteiger charge is -2.34. The fourth-order valence-electron chi connectivity index (χ4n) is 2.55. The molecular weight excluding hydrogens is 241 g/mol. The number of carbonyl (C=O) groups is 1. The molecule has 0 saturated carbocycles. The van der Waals surface area contributed by atoms with Crippen molar-refractivity contribution in [1.82, 2.24) is 4.90 Å². The molecule has 0 N–H and O–H groups in total. The van der Waals surface area contributed by atoms with Gasteiger partial charge in [-0.25, -0.2) is 4.39 Å². The lowest BCUT2D eigenvalue weighted by atomic mass is 10.00. The molecule has 1 aliphatic rings. The van der Waals surface area contributed by atoms with Crippen LogP contribution in [-0.4, -0.2) is 23.4 Å². The number of hydrogen-bond acceptors (Lipinski definition) is 1. The van der Waals surface area contributed by atoms with Gasteiger partial charge in [0.1, 0.15) is 5.82 Å². The fraction of sp³-hybridized carbons (Fsp3) is 0.438. The van der Waals surface area contributed by atoms with E-state index in [2.05, 4.69) is 6.92 Å². The van der Waals surface area contributed by atoms with Crippen molar-refractivity contribution in [1.29, 1.82) is 0 Å². The normalized spacial score (nSPS) is 19.9. The molecule has 2 nitrogen and oxygen atoms in total. The van der Waals surface area contributed by atoms with E-state index in [-0.39, 0.29) is 11.7 Å². The van der Waals surface area contributed by atoms with Gasteiger partial charge in [0.25, 0.3) is 0 Å². The van der Waals surface area contributed by atoms with Crippen molar-refractivity contribution in [3.8, 4) is 0 Å². The molecule has 1 atom stereocenters. The average Bonchev–Trinajstić information content (AvgIpc) is 2.46. The summed E-state index contributed by atoms with van der Waals surface area (Å²) in [6.45, 7) is 2.98. The maximum absolute atomic E-state index is 12.8. The molecule has 0 radical (unpaired) electrons. The molecule has 0 aromatic heterocycles. The summed E-state index contributed by atoms with van der Waals surface area (Å²) < 4.78 is 12.8. The van der Waals surface area contributed by atoms with Gasteiger partial charge in [-0.2, -0.15) is 0 Å². The molecule has 2 rings (SSSR count). The van der Waals surface area contributed by atoms with Crippen LogP contribution in [0.15, 0.2) is 30.3 Å². The Morgan fingerprint density at radius 2 is 2.11 bits per heavy atom. The van der Waals surface area contributed by atoms with Crippen molar-refractivity contribution in [3.63, 3.8) is 0 Å². The zero-order valence-electron chi connectivity index (χ0n) is 11.3. The maximum atomic E-state index is 12.8. The van der Waals surface area contributed by atoms with Gasteiger partial charge in [0.05, 0.1) is 0 Å². The minimum Gasteiger partial charge on any atom is -0.336 e. The van der Waals surface area contributed by atoms with E-state index in [9.17, 15) is 9.18 Å². The summed E-state index contributed by atoms with van der Waals surface area (Å²) in [5.41, 5.74) is 0.847. The minimum atomic E-state index is -0.259. The number of nitrogens with zero attached hydrogens (tertiary/aromatic N) is 1. The third-order valence-electron chi connectivity index (χ3n) is 3.67. The van der Waals surface area contributed by atoms with Gasteiger partial charge in [-0.05, 0) is 49.5 Å². The summed E-state index contributed by atoms with van der Waals surface area (Å²) in [7, 11) is 0. The summed E-state index contributed by atoms with van der Waals surface area (Å²) in [5.74, 6) is -0.193. The minimum absolute atomic E-state index is 0.0656. The SMILES string of the molecule is CC[C@H]1CCCCN1C(=O)/C=C\c1ccc(F)cc1. The zero-order valence-corrected chi connectivity index (χ0v) is 11.3. The summed E-state index contributed by atoms with van der Waals surface area (Å²) in [4.78, 5) is 14.1. The van der Waals surface area contributed by atoms with Gasteiger partial charge in [0, 0.05) is 18.7 Å². The molecule has 102 valence electrons. The van der Waals surface area contributed by atoms with Gasteiger partial charge < -0.3 is 4.90 Å². The molecular formula is C16H20FNO. The summed E-state index contributed by atoms with van der Waals surface area (Å²) in [5, 5.41) is 0. The van der Waals surface area contributed by atoms with Crippen LogP contribution < -0.4 is 0 Å². The second-order valence-corrected chi connectivity index (χ2v) is 4.97. The van der Waals surface area contributed by atoms with Gasteiger partial charge in [0.15, 0.2) is 0 Å². The van der Waals surface area contributed by atoms with Crippen molar-refractivity contribution in [2.75, 3.05) is 6.54 Å². The van der Waals surface area contributed by atoms with Crippen LogP contribution in [0.3, 0.4) is 0 Å². The Hall–Kier alpha value is -1.64. The standard InChI is InChI=1S/C16H20FNO/c1-2-15-5-3-4-12-18(15)16(19)11-8-13-6-9-14(17)10-7-13/h6-11,15H,2-5,12H2,1H3/b11-8-/t15-/m0/s1. The van der Waals surface area contributed by atoms with Gasteiger partial charge in [-0.1, -0.05) is 19.1 Å². The molecule has 1 amide bonds. The van der Waals surface area contributed by atoms with Crippen molar-refractivity contribution in [3.05, 3.63) is 41.7 Å². The number of benzene rings is 1. The van der Waals surface area contributed by atoms with Gasteiger partial charge in [0.2, 0.25) is 5.91 Å². The predicted octanol–water partition coefficient (Wildman–Crippen LogP) is 3.63. The highest BCUT2D eigenvalue weighted by Gasteiger charge is 2.23. The number of halogens is 1. The number of piperidine rings is 1. The molecule has 0 aliphatic carbocycles. The van der Waals surface area contributed by atoms with E-state index in [1.807, 2.05) is 4.90 Å². The van der Waals surface area contributed by atoms with E-state index >= 15 is 0 Å². The maximum Gasteiger partial charge on any atom is 0.246 e. The van der Waals surface area contributed by atoms with Crippen molar-refractivity contribution < 1.29 is 9.18 Å². The van der Waals surface area contributed by atoms with E-state index in [0.29, 0.717) is 6.04 Å². The van der Waals surface area contributed by atoms with E-state index in [0.717, 1.165) is 31.4 Å². The lowest BCUT2D eigenvalue weighted by molar-refractivity contribution is -0.129. The Morgan fingerprint density at radius 3 is 2.79 bits per heavy atom. The largest absolute Gasteiger partial charge is 0.336 e. The van der Waals surface area contributed by atoms with Crippen LogP contribution in [0.5, 0.6) is 0 Å². The Morgan fingerprint density at radius 1 is 1.37 bits per heavy atom. The molecule has 0 unspecified atom stereocenters. The molecule has 1 aromatic rings.